The Morgan fingerprint density at radius 1 is 0.946 bits per heavy atom. The van der Waals surface area contributed by atoms with Gasteiger partial charge in [-0.05, 0) is 60.1 Å². The maximum absolute atomic E-state index is 14.1. The average molecular weight is 551 g/mol. The van der Waals surface area contributed by atoms with Gasteiger partial charge in [-0.15, -0.1) is 0 Å². The van der Waals surface area contributed by atoms with Gasteiger partial charge in [-0.2, -0.15) is 8.78 Å². The van der Waals surface area contributed by atoms with E-state index in [9.17, 15) is 13.6 Å². The lowest BCUT2D eigenvalue weighted by atomic mass is 9.91. The zero-order valence-corrected chi connectivity index (χ0v) is 22.2. The van der Waals surface area contributed by atoms with E-state index in [0.29, 0.717) is 34.5 Å². The largest absolute Gasteiger partial charge is 0.492 e. The summed E-state index contributed by atoms with van der Waals surface area (Å²) < 4.78 is 38.6. The molecule has 0 bridgehead atoms. The van der Waals surface area contributed by atoms with Crippen molar-refractivity contribution in [3.8, 4) is 5.75 Å². The van der Waals surface area contributed by atoms with Crippen LogP contribution >= 0.6 is 23.2 Å². The summed E-state index contributed by atoms with van der Waals surface area (Å²) in [4.78, 5) is 13.8. The standard InChI is InChI=1S/C28H30Cl2F2N2O3/c1-34(18-26(21-5-9-23(29)10-6-21)22-7-11-24(30)12-8-22)15-16-37-25-13-3-20(4-14-25)17-28(31,32)27(35)33-19-36-2/h3-14,26H,15-19H2,1-2H3,(H,33,35). The van der Waals surface area contributed by atoms with Crippen molar-refractivity contribution in [2.75, 3.05) is 40.6 Å². The van der Waals surface area contributed by atoms with E-state index in [0.717, 1.165) is 17.7 Å². The third-order valence-electron chi connectivity index (χ3n) is 5.84. The fourth-order valence-electron chi connectivity index (χ4n) is 3.82. The first-order valence-electron chi connectivity index (χ1n) is 11.7. The molecule has 0 unspecified atom stereocenters. The van der Waals surface area contributed by atoms with Gasteiger partial charge < -0.3 is 19.7 Å². The number of benzene rings is 3. The number of nitrogens with one attached hydrogen (secondary N) is 1. The van der Waals surface area contributed by atoms with Gasteiger partial charge >= 0.3 is 5.92 Å². The van der Waals surface area contributed by atoms with E-state index in [1.165, 1.54) is 19.2 Å². The molecule has 0 saturated carbocycles. The number of hydrogen-bond donors (Lipinski definition) is 1. The Bertz CT molecular complexity index is 1080. The van der Waals surface area contributed by atoms with E-state index in [-0.39, 0.29) is 12.6 Å². The first-order valence-corrected chi connectivity index (χ1v) is 12.5. The van der Waals surface area contributed by atoms with Crippen molar-refractivity contribution in [3.63, 3.8) is 0 Å². The summed E-state index contributed by atoms with van der Waals surface area (Å²) in [5, 5.41) is 3.40. The van der Waals surface area contributed by atoms with Crippen LogP contribution in [0.5, 0.6) is 5.75 Å². The molecule has 0 fully saturated rings. The summed E-state index contributed by atoms with van der Waals surface area (Å²) in [5.41, 5.74) is 2.61. The molecule has 0 aliphatic rings. The van der Waals surface area contributed by atoms with Crippen LogP contribution in [-0.4, -0.2) is 57.3 Å². The van der Waals surface area contributed by atoms with E-state index < -0.39 is 18.3 Å². The summed E-state index contributed by atoms with van der Waals surface area (Å²) >= 11 is 12.2. The van der Waals surface area contributed by atoms with Gasteiger partial charge in [0.05, 0.1) is 0 Å². The van der Waals surface area contributed by atoms with E-state index in [4.69, 9.17) is 27.9 Å². The molecule has 3 rings (SSSR count). The van der Waals surface area contributed by atoms with Gasteiger partial charge in [0.25, 0.3) is 5.91 Å². The Morgan fingerprint density at radius 2 is 1.49 bits per heavy atom. The van der Waals surface area contributed by atoms with Crippen LogP contribution in [-0.2, 0) is 16.0 Å². The third kappa shape index (κ3) is 8.97. The summed E-state index contributed by atoms with van der Waals surface area (Å²) in [6, 6.07) is 22.0. The van der Waals surface area contributed by atoms with Gasteiger partial charge in [0.2, 0.25) is 0 Å². The van der Waals surface area contributed by atoms with Gasteiger partial charge in [0.1, 0.15) is 19.1 Å². The minimum absolute atomic E-state index is 0.113. The van der Waals surface area contributed by atoms with Crippen LogP contribution in [0.1, 0.15) is 22.6 Å². The molecule has 3 aromatic carbocycles. The smallest absolute Gasteiger partial charge is 0.328 e. The highest BCUT2D eigenvalue weighted by Crippen LogP contribution is 2.28. The van der Waals surface area contributed by atoms with E-state index in [1.807, 2.05) is 60.9 Å². The van der Waals surface area contributed by atoms with Crippen molar-refractivity contribution in [1.29, 1.82) is 0 Å². The number of methoxy groups -OCH3 is 1. The van der Waals surface area contributed by atoms with Crippen molar-refractivity contribution >= 4 is 29.1 Å². The van der Waals surface area contributed by atoms with Gasteiger partial charge in [-0.3, -0.25) is 4.79 Å². The molecule has 0 saturated heterocycles. The fourth-order valence-corrected chi connectivity index (χ4v) is 4.07. The zero-order valence-electron chi connectivity index (χ0n) is 20.7. The Hall–Kier alpha value is -2.71. The molecule has 0 heterocycles. The van der Waals surface area contributed by atoms with Gasteiger partial charge in [0.15, 0.2) is 0 Å². The van der Waals surface area contributed by atoms with Crippen LogP contribution in [0.2, 0.25) is 10.0 Å². The molecular formula is C28H30Cl2F2N2O3. The molecule has 1 N–H and O–H groups in total. The second-order valence-corrected chi connectivity index (χ2v) is 9.60. The molecule has 198 valence electrons. The minimum Gasteiger partial charge on any atom is -0.492 e. The van der Waals surface area contributed by atoms with Crippen molar-refractivity contribution in [2.24, 2.45) is 0 Å². The second kappa shape index (κ2) is 13.7. The van der Waals surface area contributed by atoms with Crippen LogP contribution in [0.15, 0.2) is 72.8 Å². The molecule has 0 aromatic heterocycles. The van der Waals surface area contributed by atoms with Crippen molar-refractivity contribution in [3.05, 3.63) is 99.5 Å². The highest BCUT2D eigenvalue weighted by molar-refractivity contribution is 6.30. The van der Waals surface area contributed by atoms with Crippen molar-refractivity contribution < 1.29 is 23.0 Å². The zero-order chi connectivity index (χ0) is 26.8. The van der Waals surface area contributed by atoms with Crippen LogP contribution in [0.3, 0.4) is 0 Å². The highest BCUT2D eigenvalue weighted by Gasteiger charge is 2.38. The van der Waals surface area contributed by atoms with Gasteiger partial charge in [0, 0.05) is 42.6 Å². The number of hydrogen-bond acceptors (Lipinski definition) is 4. The molecule has 1 amide bonds. The Morgan fingerprint density at radius 3 is 2.00 bits per heavy atom. The number of ether oxygens (including phenoxy) is 2. The maximum Gasteiger partial charge on any atom is 0.328 e. The molecule has 0 aliphatic carbocycles. The number of carbonyl (C=O) groups excluding carboxylic acids is 1. The fraction of sp³-hybridized carbons (Fsp3) is 0.321. The molecule has 5 nitrogen and oxygen atoms in total. The molecule has 0 aliphatic heterocycles. The van der Waals surface area contributed by atoms with E-state index in [1.54, 1.807) is 12.1 Å². The minimum atomic E-state index is -3.53. The maximum atomic E-state index is 14.1. The number of rotatable bonds is 13. The molecule has 0 atom stereocenters. The highest BCUT2D eigenvalue weighted by atomic mass is 35.5. The summed E-state index contributed by atoms with van der Waals surface area (Å²) in [5.74, 6) is -4.22. The third-order valence-corrected chi connectivity index (χ3v) is 6.34. The Labute approximate surface area is 226 Å². The molecular weight excluding hydrogens is 521 g/mol. The molecule has 37 heavy (non-hydrogen) atoms. The predicted molar refractivity (Wildman–Crippen MR) is 143 cm³/mol. The lowest BCUT2D eigenvalue weighted by molar-refractivity contribution is -0.146. The summed E-state index contributed by atoms with van der Waals surface area (Å²) in [6.45, 7) is 1.54. The Kier molecular flexibility index (Phi) is 10.7. The Balaban J connectivity index is 1.54. The molecule has 0 spiro atoms. The number of halogens is 4. The predicted octanol–water partition coefficient (Wildman–Crippen LogP) is 6.03. The first kappa shape index (κ1) is 28.9. The first-order chi connectivity index (χ1) is 17.7. The lowest BCUT2D eigenvalue weighted by Gasteiger charge is -2.25. The number of carbonyl (C=O) groups is 1. The monoisotopic (exact) mass is 550 g/mol. The van der Waals surface area contributed by atoms with E-state index >= 15 is 0 Å². The summed E-state index contributed by atoms with van der Waals surface area (Å²) in [6.07, 6.45) is -0.706. The van der Waals surface area contributed by atoms with Crippen molar-refractivity contribution in [1.82, 2.24) is 10.2 Å². The van der Waals surface area contributed by atoms with Gasteiger partial charge in [-0.1, -0.05) is 59.6 Å². The second-order valence-electron chi connectivity index (χ2n) is 8.73. The van der Waals surface area contributed by atoms with Crippen LogP contribution in [0.4, 0.5) is 8.78 Å². The normalized spacial score (nSPS) is 11.7. The van der Waals surface area contributed by atoms with Crippen LogP contribution < -0.4 is 10.1 Å². The van der Waals surface area contributed by atoms with Crippen molar-refractivity contribution in [2.45, 2.75) is 18.3 Å². The number of alkyl halides is 2. The van der Waals surface area contributed by atoms with Crippen LogP contribution in [0.25, 0.3) is 0 Å². The number of likely N-dealkylation sites (N-methyl/N-ethyl adjacent to an activating group) is 1. The molecule has 9 heteroatoms. The quantitative estimate of drug-likeness (QED) is 0.264. The van der Waals surface area contributed by atoms with Gasteiger partial charge in [-0.25, -0.2) is 0 Å². The van der Waals surface area contributed by atoms with Crippen LogP contribution in [0, 0.1) is 0 Å². The molecule has 3 aromatic rings. The number of amides is 1. The molecule has 0 radical (unpaired) electrons. The van der Waals surface area contributed by atoms with E-state index in [2.05, 4.69) is 9.64 Å². The summed E-state index contributed by atoms with van der Waals surface area (Å²) in [7, 11) is 3.33. The number of nitrogens with zero attached hydrogens (tertiary/aromatic N) is 1. The average Bonchev–Trinajstić information content (AvgIpc) is 2.88. The topological polar surface area (TPSA) is 50.8 Å². The lowest BCUT2D eigenvalue weighted by Crippen LogP contribution is -2.42. The SMILES string of the molecule is COCNC(=O)C(F)(F)Cc1ccc(OCCN(C)CC(c2ccc(Cl)cc2)c2ccc(Cl)cc2)cc1.